The van der Waals surface area contributed by atoms with Crippen molar-refractivity contribution >= 4 is 21.6 Å². The smallest absolute Gasteiger partial charge is 0.128 e. The number of aromatic nitrogens is 2. The molecule has 0 atom stereocenters. The molecule has 1 aliphatic heterocycles. The summed E-state index contributed by atoms with van der Waals surface area (Å²) in [5, 5.41) is 4.25. The van der Waals surface area contributed by atoms with E-state index in [9.17, 15) is 0 Å². The number of fused-ring (bicyclic) bond motifs is 1. The first-order valence-corrected chi connectivity index (χ1v) is 4.31. The van der Waals surface area contributed by atoms with Crippen molar-refractivity contribution in [1.82, 2.24) is 9.78 Å². The lowest BCUT2D eigenvalue weighted by atomic mass is 10.2. The van der Waals surface area contributed by atoms with Gasteiger partial charge in [0.15, 0.2) is 0 Å². The molecule has 0 fully saturated rings. The number of hydrogen-bond donors (Lipinski definition) is 0. The predicted molar refractivity (Wildman–Crippen MR) is 47.0 cm³/mol. The van der Waals surface area contributed by atoms with E-state index < -0.39 is 0 Å². The lowest BCUT2D eigenvalue weighted by molar-refractivity contribution is 0.603. The van der Waals surface area contributed by atoms with Crippen molar-refractivity contribution in [2.75, 3.05) is 6.54 Å². The van der Waals surface area contributed by atoms with Gasteiger partial charge in [0.05, 0.1) is 24.5 Å². The van der Waals surface area contributed by atoms with Crippen molar-refractivity contribution in [2.24, 2.45) is 4.99 Å². The maximum absolute atomic E-state index is 4.32. The minimum atomic E-state index is 0.854. The Labute approximate surface area is 73.3 Å². The van der Waals surface area contributed by atoms with Gasteiger partial charge in [-0.2, -0.15) is 5.10 Å². The minimum absolute atomic E-state index is 0.854. The molecule has 0 radical (unpaired) electrons. The molecule has 2 rings (SSSR count). The first-order valence-electron chi connectivity index (χ1n) is 3.52. The second kappa shape index (κ2) is 2.44. The molecule has 0 aromatic carbocycles. The summed E-state index contributed by atoms with van der Waals surface area (Å²) in [6.45, 7) is 3.77. The van der Waals surface area contributed by atoms with Gasteiger partial charge in [0, 0.05) is 0 Å². The van der Waals surface area contributed by atoms with Crippen LogP contribution in [0.15, 0.2) is 15.7 Å². The lowest BCUT2D eigenvalue weighted by Gasteiger charge is -2.10. The molecular weight excluding hydrogens is 206 g/mol. The van der Waals surface area contributed by atoms with Gasteiger partial charge in [-0.25, -0.2) is 0 Å². The highest BCUT2D eigenvalue weighted by Gasteiger charge is 2.11. The summed E-state index contributed by atoms with van der Waals surface area (Å²) >= 11 is 3.33. The number of aliphatic imine (C=N–C) groups is 1. The average molecular weight is 214 g/mol. The van der Waals surface area contributed by atoms with Crippen molar-refractivity contribution < 1.29 is 0 Å². The fraction of sp³-hybridized carbons (Fsp3) is 0.429. The minimum Gasteiger partial charge on any atom is -0.286 e. The summed E-state index contributed by atoms with van der Waals surface area (Å²) in [5.41, 5.74) is 2.21. The maximum Gasteiger partial charge on any atom is 0.128 e. The second-order valence-corrected chi connectivity index (χ2v) is 3.36. The summed E-state index contributed by atoms with van der Waals surface area (Å²) in [4.78, 5) is 4.32. The highest BCUT2D eigenvalue weighted by atomic mass is 79.9. The number of nitrogens with zero attached hydrogens (tertiary/aromatic N) is 3. The molecule has 0 bridgehead atoms. The predicted octanol–water partition coefficient (Wildman–Crippen LogP) is 1.47. The van der Waals surface area contributed by atoms with E-state index >= 15 is 0 Å². The van der Waals surface area contributed by atoms with Crippen LogP contribution in [0.2, 0.25) is 0 Å². The molecule has 1 aromatic rings. The monoisotopic (exact) mass is 213 g/mol. The summed E-state index contributed by atoms with van der Waals surface area (Å²) in [6.07, 6.45) is 0. The Morgan fingerprint density at radius 1 is 1.64 bits per heavy atom. The van der Waals surface area contributed by atoms with Gasteiger partial charge in [-0.15, -0.1) is 0 Å². The summed E-state index contributed by atoms with van der Waals surface area (Å²) in [7, 11) is 0. The van der Waals surface area contributed by atoms with Gasteiger partial charge in [0.1, 0.15) is 4.60 Å². The van der Waals surface area contributed by atoms with Crippen LogP contribution < -0.4 is 0 Å². The summed E-state index contributed by atoms with van der Waals surface area (Å²) in [6, 6.07) is 2.00. The van der Waals surface area contributed by atoms with Gasteiger partial charge >= 0.3 is 0 Å². The quantitative estimate of drug-likeness (QED) is 0.643. The van der Waals surface area contributed by atoms with Crippen molar-refractivity contribution in [3.63, 3.8) is 0 Å². The van der Waals surface area contributed by atoms with Crippen molar-refractivity contribution in [3.05, 3.63) is 16.4 Å². The molecule has 4 heteroatoms. The molecule has 0 saturated carbocycles. The van der Waals surface area contributed by atoms with Gasteiger partial charge in [-0.3, -0.25) is 9.67 Å². The highest BCUT2D eigenvalue weighted by molar-refractivity contribution is 9.10. The topological polar surface area (TPSA) is 30.2 Å². The van der Waals surface area contributed by atoms with Crippen LogP contribution in [0.1, 0.15) is 12.6 Å². The van der Waals surface area contributed by atoms with E-state index in [1.807, 2.05) is 17.7 Å². The maximum atomic E-state index is 4.32. The largest absolute Gasteiger partial charge is 0.286 e. The Balaban J connectivity index is 2.55. The molecule has 11 heavy (non-hydrogen) atoms. The second-order valence-electron chi connectivity index (χ2n) is 2.54. The van der Waals surface area contributed by atoms with E-state index in [1.54, 1.807) is 0 Å². The first kappa shape index (κ1) is 7.03. The van der Waals surface area contributed by atoms with Crippen LogP contribution in [0, 0.1) is 0 Å². The van der Waals surface area contributed by atoms with E-state index in [0.29, 0.717) is 0 Å². The Kier molecular flexibility index (Phi) is 1.56. The zero-order valence-electron chi connectivity index (χ0n) is 6.21. The Morgan fingerprint density at radius 2 is 2.45 bits per heavy atom. The molecule has 2 heterocycles. The first-order chi connectivity index (χ1) is 5.27. The molecule has 1 aromatic heterocycles. The molecule has 1 aliphatic rings. The summed E-state index contributed by atoms with van der Waals surface area (Å²) in [5.74, 6) is 0. The van der Waals surface area contributed by atoms with E-state index in [-0.39, 0.29) is 0 Å². The van der Waals surface area contributed by atoms with Crippen LogP contribution in [0.25, 0.3) is 0 Å². The van der Waals surface area contributed by atoms with E-state index in [2.05, 4.69) is 26.0 Å². The highest BCUT2D eigenvalue weighted by Crippen LogP contribution is 2.14. The van der Waals surface area contributed by atoms with E-state index in [1.165, 1.54) is 0 Å². The molecular formula is C7H8BrN3. The lowest BCUT2D eigenvalue weighted by Crippen LogP contribution is -2.16. The van der Waals surface area contributed by atoms with Gasteiger partial charge in [-0.1, -0.05) is 0 Å². The van der Waals surface area contributed by atoms with E-state index in [4.69, 9.17) is 0 Å². The number of hydrogen-bond acceptors (Lipinski definition) is 2. The zero-order chi connectivity index (χ0) is 7.84. The van der Waals surface area contributed by atoms with E-state index in [0.717, 1.165) is 29.1 Å². The Morgan fingerprint density at radius 3 is 3.18 bits per heavy atom. The third kappa shape index (κ3) is 1.11. The fourth-order valence-corrected chi connectivity index (χ4v) is 1.65. The Hall–Kier alpha value is -0.640. The van der Waals surface area contributed by atoms with Gasteiger partial charge in [0.2, 0.25) is 0 Å². The standard InChI is InChI=1S/C7H8BrN3/c1-5-6-4-7(8)10-11(6)3-2-9-5/h4H,2-3H2,1H3. The SMILES string of the molecule is CC1=NCCn2nc(Br)cc21. The zero-order valence-corrected chi connectivity index (χ0v) is 7.80. The Bertz CT molecular complexity index is 313. The normalized spacial score (nSPS) is 16.0. The molecule has 0 aliphatic carbocycles. The van der Waals surface area contributed by atoms with Crippen LogP contribution >= 0.6 is 15.9 Å². The average Bonchev–Trinajstić information content (AvgIpc) is 2.31. The van der Waals surface area contributed by atoms with Crippen LogP contribution in [0.3, 0.4) is 0 Å². The van der Waals surface area contributed by atoms with Crippen LogP contribution in [-0.2, 0) is 6.54 Å². The number of rotatable bonds is 0. The molecule has 0 amide bonds. The molecule has 0 spiro atoms. The van der Waals surface area contributed by atoms with Crippen LogP contribution in [0.4, 0.5) is 0 Å². The third-order valence-electron chi connectivity index (χ3n) is 1.78. The summed E-state index contributed by atoms with van der Waals surface area (Å²) < 4.78 is 2.87. The molecule has 3 nitrogen and oxygen atoms in total. The van der Waals surface area contributed by atoms with Crippen molar-refractivity contribution in [3.8, 4) is 0 Å². The fourth-order valence-electron chi connectivity index (χ4n) is 1.24. The van der Waals surface area contributed by atoms with Gasteiger partial charge in [0.25, 0.3) is 0 Å². The molecule has 58 valence electrons. The molecule has 0 N–H and O–H groups in total. The third-order valence-corrected chi connectivity index (χ3v) is 2.17. The van der Waals surface area contributed by atoms with Crippen LogP contribution in [-0.4, -0.2) is 22.0 Å². The molecule has 0 saturated heterocycles. The van der Waals surface area contributed by atoms with Crippen molar-refractivity contribution in [1.29, 1.82) is 0 Å². The molecule has 0 unspecified atom stereocenters. The van der Waals surface area contributed by atoms with Gasteiger partial charge in [-0.05, 0) is 28.9 Å². The van der Waals surface area contributed by atoms with Crippen LogP contribution in [0.5, 0.6) is 0 Å². The van der Waals surface area contributed by atoms with Gasteiger partial charge < -0.3 is 0 Å². The van der Waals surface area contributed by atoms with Crippen molar-refractivity contribution in [2.45, 2.75) is 13.5 Å². The number of halogens is 1.